The van der Waals surface area contributed by atoms with Gasteiger partial charge in [-0.3, -0.25) is 0 Å². The van der Waals surface area contributed by atoms with Crippen LogP contribution >= 0.6 is 0 Å². The van der Waals surface area contributed by atoms with Gasteiger partial charge in [-0.05, 0) is 30.2 Å². The molecule has 24 heavy (non-hydrogen) atoms. The first-order valence-corrected chi connectivity index (χ1v) is 7.55. The Labute approximate surface area is 140 Å². The van der Waals surface area contributed by atoms with Crippen molar-refractivity contribution in [2.24, 2.45) is 0 Å². The second-order valence-electron chi connectivity index (χ2n) is 5.29. The highest BCUT2D eigenvalue weighted by Crippen LogP contribution is 2.14. The Hall–Kier alpha value is -3.21. The van der Waals surface area contributed by atoms with E-state index in [4.69, 9.17) is 4.74 Å². The maximum atomic E-state index is 12.3. The minimum absolute atomic E-state index is 0.188. The number of hydrogen-bond donors (Lipinski definition) is 0. The molecule has 3 rings (SSSR count). The van der Waals surface area contributed by atoms with Crippen LogP contribution in [0.25, 0.3) is 11.8 Å². The maximum Gasteiger partial charge on any atom is 0.361 e. The average Bonchev–Trinajstić information content (AvgIpc) is 3.02. The molecule has 3 aromatic rings. The van der Waals surface area contributed by atoms with Gasteiger partial charge in [0.1, 0.15) is 6.61 Å². The predicted molar refractivity (Wildman–Crippen MR) is 91.7 cm³/mol. The molecular weight excluding hydrogens is 302 g/mol. The maximum absolute atomic E-state index is 12.3. The summed E-state index contributed by atoms with van der Waals surface area (Å²) in [5.41, 5.74) is 3.64. The molecule has 5 heteroatoms. The summed E-state index contributed by atoms with van der Waals surface area (Å²) < 4.78 is 6.96. The van der Waals surface area contributed by atoms with E-state index in [0.29, 0.717) is 5.69 Å². The molecule has 2 aromatic carbocycles. The van der Waals surface area contributed by atoms with Crippen molar-refractivity contribution >= 4 is 12.0 Å². The molecule has 0 bridgehead atoms. The first-order valence-electron chi connectivity index (χ1n) is 7.55. The molecule has 0 saturated carbocycles. The Morgan fingerprint density at radius 3 is 2.54 bits per heavy atom. The van der Waals surface area contributed by atoms with Crippen LogP contribution in [-0.4, -0.2) is 21.0 Å². The third kappa shape index (κ3) is 3.25. The Morgan fingerprint density at radius 1 is 1.17 bits per heavy atom. The predicted octanol–water partition coefficient (Wildman–Crippen LogP) is 3.58. The van der Waals surface area contributed by atoms with Crippen molar-refractivity contribution in [3.05, 3.63) is 83.7 Å². The number of benzene rings is 2. The molecule has 0 saturated heterocycles. The van der Waals surface area contributed by atoms with Crippen LogP contribution < -0.4 is 0 Å². The van der Waals surface area contributed by atoms with E-state index < -0.39 is 5.97 Å². The first-order chi connectivity index (χ1) is 11.7. The second-order valence-corrected chi connectivity index (χ2v) is 5.29. The van der Waals surface area contributed by atoms with Gasteiger partial charge in [-0.15, -0.1) is 5.10 Å². The van der Waals surface area contributed by atoms with Crippen molar-refractivity contribution in [2.45, 2.75) is 13.5 Å². The molecular formula is C19H17N3O2. The third-order valence-corrected chi connectivity index (χ3v) is 3.67. The van der Waals surface area contributed by atoms with Crippen molar-refractivity contribution < 1.29 is 9.53 Å². The van der Waals surface area contributed by atoms with Crippen LogP contribution in [-0.2, 0) is 11.3 Å². The molecule has 0 amide bonds. The quantitative estimate of drug-likeness (QED) is 0.675. The van der Waals surface area contributed by atoms with Crippen molar-refractivity contribution in [3.8, 4) is 5.69 Å². The Balaban J connectivity index is 1.71. The van der Waals surface area contributed by atoms with Crippen molar-refractivity contribution in [1.29, 1.82) is 0 Å². The molecule has 0 aliphatic rings. The summed E-state index contributed by atoms with van der Waals surface area (Å²) in [6.45, 7) is 5.69. The highest BCUT2D eigenvalue weighted by molar-refractivity contribution is 5.88. The van der Waals surface area contributed by atoms with Gasteiger partial charge in [0.2, 0.25) is 0 Å². The lowest BCUT2D eigenvalue weighted by Crippen LogP contribution is -2.08. The minimum Gasteiger partial charge on any atom is -0.456 e. The molecule has 1 aromatic heterocycles. The molecule has 0 N–H and O–H groups in total. The highest BCUT2D eigenvalue weighted by Gasteiger charge is 2.18. The summed E-state index contributed by atoms with van der Waals surface area (Å²) >= 11 is 0. The Morgan fingerprint density at radius 2 is 1.88 bits per heavy atom. The van der Waals surface area contributed by atoms with Crippen LogP contribution in [0, 0.1) is 6.92 Å². The minimum atomic E-state index is -0.484. The lowest BCUT2D eigenvalue weighted by molar-refractivity contribution is 0.0464. The Bertz CT molecular complexity index is 852. The van der Waals surface area contributed by atoms with Crippen LogP contribution in [0.15, 0.2) is 61.2 Å². The van der Waals surface area contributed by atoms with Gasteiger partial charge in [0.05, 0.1) is 11.4 Å². The van der Waals surface area contributed by atoms with Gasteiger partial charge >= 0.3 is 5.97 Å². The van der Waals surface area contributed by atoms with Crippen molar-refractivity contribution in [1.82, 2.24) is 15.0 Å². The van der Waals surface area contributed by atoms with Gasteiger partial charge in [0, 0.05) is 0 Å². The van der Waals surface area contributed by atoms with Gasteiger partial charge in [0.25, 0.3) is 0 Å². The fourth-order valence-corrected chi connectivity index (χ4v) is 2.30. The van der Waals surface area contributed by atoms with Gasteiger partial charge in [0.15, 0.2) is 5.69 Å². The normalized spacial score (nSPS) is 10.4. The van der Waals surface area contributed by atoms with Crippen molar-refractivity contribution in [3.63, 3.8) is 0 Å². The third-order valence-electron chi connectivity index (χ3n) is 3.67. The van der Waals surface area contributed by atoms with Gasteiger partial charge in [-0.1, -0.05) is 60.3 Å². The number of esters is 1. The summed E-state index contributed by atoms with van der Waals surface area (Å²) in [7, 11) is 0. The van der Waals surface area contributed by atoms with E-state index in [1.165, 1.54) is 0 Å². The van der Waals surface area contributed by atoms with Crippen LogP contribution in [0.5, 0.6) is 0 Å². The summed E-state index contributed by atoms with van der Waals surface area (Å²) in [5, 5.41) is 8.00. The highest BCUT2D eigenvalue weighted by atomic mass is 16.5. The average molecular weight is 319 g/mol. The van der Waals surface area contributed by atoms with E-state index >= 15 is 0 Å². The number of carbonyl (C=O) groups is 1. The van der Waals surface area contributed by atoms with E-state index in [9.17, 15) is 4.79 Å². The molecule has 0 fully saturated rings. The topological polar surface area (TPSA) is 57.0 Å². The van der Waals surface area contributed by atoms with Gasteiger partial charge in [-0.2, -0.15) is 0 Å². The molecule has 1 heterocycles. The van der Waals surface area contributed by atoms with Crippen LogP contribution in [0.1, 0.15) is 27.3 Å². The van der Waals surface area contributed by atoms with E-state index in [0.717, 1.165) is 16.8 Å². The fourth-order valence-electron chi connectivity index (χ4n) is 2.30. The number of rotatable bonds is 5. The van der Waals surface area contributed by atoms with Crippen molar-refractivity contribution in [2.75, 3.05) is 0 Å². The second kappa shape index (κ2) is 6.91. The first kappa shape index (κ1) is 15.7. The number of hydrogen-bond acceptors (Lipinski definition) is 4. The van der Waals surface area contributed by atoms with Gasteiger partial charge in [-0.25, -0.2) is 9.48 Å². The number of carbonyl (C=O) groups excluding carboxylic acids is 1. The summed E-state index contributed by atoms with van der Waals surface area (Å²) in [5.74, 6) is -0.484. The van der Waals surface area contributed by atoms with Crippen LogP contribution in [0.4, 0.5) is 0 Å². The lowest BCUT2D eigenvalue weighted by atomic mass is 10.1. The standard InChI is InChI=1S/C19H17N3O2/c1-3-15-9-11-16(12-10-15)13-24-19(23)18-14(2)22(21-20-18)17-7-5-4-6-8-17/h3-12H,1,13H2,2H3. The summed E-state index contributed by atoms with van der Waals surface area (Å²) in [6.07, 6.45) is 1.76. The zero-order valence-electron chi connectivity index (χ0n) is 13.3. The van der Waals surface area contributed by atoms with Gasteiger partial charge < -0.3 is 4.74 Å². The number of aromatic nitrogens is 3. The molecule has 0 unspecified atom stereocenters. The molecule has 0 atom stereocenters. The van der Waals surface area contributed by atoms with Crippen LogP contribution in [0.2, 0.25) is 0 Å². The van der Waals surface area contributed by atoms with E-state index in [1.807, 2.05) is 54.6 Å². The molecule has 5 nitrogen and oxygen atoms in total. The SMILES string of the molecule is C=Cc1ccc(COC(=O)c2nnn(-c3ccccc3)c2C)cc1. The summed E-state index contributed by atoms with van der Waals surface area (Å²) in [6, 6.07) is 17.2. The lowest BCUT2D eigenvalue weighted by Gasteiger charge is -2.05. The molecule has 0 aliphatic carbocycles. The molecule has 120 valence electrons. The zero-order chi connectivity index (χ0) is 16.9. The fraction of sp³-hybridized carbons (Fsp3) is 0.105. The largest absolute Gasteiger partial charge is 0.456 e. The number of nitrogens with zero attached hydrogens (tertiary/aromatic N) is 3. The van der Waals surface area contributed by atoms with E-state index in [1.54, 1.807) is 17.7 Å². The zero-order valence-corrected chi connectivity index (χ0v) is 13.3. The summed E-state index contributed by atoms with van der Waals surface area (Å²) in [4.78, 5) is 12.3. The molecule has 0 aliphatic heterocycles. The number of ether oxygens (including phenoxy) is 1. The monoisotopic (exact) mass is 319 g/mol. The number of para-hydroxylation sites is 1. The molecule has 0 spiro atoms. The van der Waals surface area contributed by atoms with E-state index in [2.05, 4.69) is 16.9 Å². The van der Waals surface area contributed by atoms with Crippen LogP contribution in [0.3, 0.4) is 0 Å². The Kier molecular flexibility index (Phi) is 4.52. The smallest absolute Gasteiger partial charge is 0.361 e. The molecule has 0 radical (unpaired) electrons. The van der Waals surface area contributed by atoms with E-state index in [-0.39, 0.29) is 12.3 Å².